The molecular formula is C31H24F10N2. The summed E-state index contributed by atoms with van der Waals surface area (Å²) in [6, 6.07) is 18.1. The second kappa shape index (κ2) is 11.1. The number of alkyl halides is 10. The standard InChI is InChI=1S/C31H24F10N2/c32-28(33,30(36,37)38)27(29(34,35)31(39,40)41,23-9-1-19(2-10-23)17-21-5-13-25(42)14-6-21)24-11-3-20(4-12-24)18-22-7-15-26(43)16-8-22/h1-16H,17-18,42-43H2. The molecule has 4 aromatic rings. The molecule has 0 fully saturated rings. The van der Waals surface area contributed by atoms with Gasteiger partial charge in [-0.3, -0.25) is 0 Å². The zero-order valence-corrected chi connectivity index (χ0v) is 22.1. The minimum absolute atomic E-state index is 0.0682. The Bertz CT molecular complexity index is 1400. The van der Waals surface area contributed by atoms with E-state index in [0.29, 0.717) is 46.8 Å². The van der Waals surface area contributed by atoms with Crippen molar-refractivity contribution in [2.75, 3.05) is 11.5 Å². The van der Waals surface area contributed by atoms with Crippen molar-refractivity contribution in [3.05, 3.63) is 130 Å². The van der Waals surface area contributed by atoms with E-state index in [2.05, 4.69) is 0 Å². The molecule has 4 aromatic carbocycles. The van der Waals surface area contributed by atoms with Crippen molar-refractivity contribution >= 4 is 11.4 Å². The second-order valence-corrected chi connectivity index (χ2v) is 10.1. The Kier molecular flexibility index (Phi) is 8.20. The molecule has 4 rings (SSSR count). The Morgan fingerprint density at radius 3 is 0.837 bits per heavy atom. The number of hydrogen-bond acceptors (Lipinski definition) is 2. The monoisotopic (exact) mass is 614 g/mol. The summed E-state index contributed by atoms with van der Waals surface area (Å²) in [6.07, 6.45) is -13.5. The SMILES string of the molecule is Nc1ccc(Cc2ccc(C(c3ccc(Cc4ccc(N)cc4)cc3)(C(F)(F)C(F)(F)F)C(F)(F)C(F)(F)F)cc2)cc1. The molecule has 0 heterocycles. The van der Waals surface area contributed by atoms with Crippen LogP contribution in [0.5, 0.6) is 0 Å². The lowest BCUT2D eigenvalue weighted by molar-refractivity contribution is -0.375. The number of halogens is 10. The van der Waals surface area contributed by atoms with Gasteiger partial charge in [0.2, 0.25) is 0 Å². The van der Waals surface area contributed by atoms with Crippen LogP contribution in [0.3, 0.4) is 0 Å². The first-order valence-electron chi connectivity index (χ1n) is 12.7. The van der Waals surface area contributed by atoms with Gasteiger partial charge >= 0.3 is 24.2 Å². The normalized spacial score (nSPS) is 13.3. The maximum absolute atomic E-state index is 15.5. The minimum Gasteiger partial charge on any atom is -0.399 e. The van der Waals surface area contributed by atoms with Crippen LogP contribution in [0.15, 0.2) is 97.1 Å². The summed E-state index contributed by atoms with van der Waals surface area (Å²) in [5, 5.41) is 0. The highest BCUT2D eigenvalue weighted by molar-refractivity contribution is 5.50. The van der Waals surface area contributed by atoms with Crippen LogP contribution < -0.4 is 11.5 Å². The molecule has 0 atom stereocenters. The number of hydrogen-bond donors (Lipinski definition) is 2. The van der Waals surface area contributed by atoms with Crippen LogP contribution in [-0.2, 0) is 18.3 Å². The van der Waals surface area contributed by atoms with Gasteiger partial charge in [-0.2, -0.15) is 43.9 Å². The molecule has 0 aliphatic carbocycles. The Labute approximate surface area is 239 Å². The van der Waals surface area contributed by atoms with Crippen molar-refractivity contribution in [2.24, 2.45) is 0 Å². The predicted molar refractivity (Wildman–Crippen MR) is 143 cm³/mol. The minimum atomic E-state index is -6.80. The van der Waals surface area contributed by atoms with Crippen molar-refractivity contribution < 1.29 is 43.9 Å². The van der Waals surface area contributed by atoms with Crippen molar-refractivity contribution in [3.63, 3.8) is 0 Å². The van der Waals surface area contributed by atoms with E-state index in [1.54, 1.807) is 48.5 Å². The van der Waals surface area contributed by atoms with Crippen LogP contribution in [0.1, 0.15) is 33.4 Å². The topological polar surface area (TPSA) is 52.0 Å². The summed E-state index contributed by atoms with van der Waals surface area (Å²) in [5.41, 5.74) is 5.49. The van der Waals surface area contributed by atoms with Crippen LogP contribution in [0.25, 0.3) is 0 Å². The molecule has 0 aromatic heterocycles. The molecule has 0 saturated heterocycles. The third-order valence-electron chi connectivity index (χ3n) is 7.20. The molecular weight excluding hydrogens is 590 g/mol. The van der Waals surface area contributed by atoms with Crippen LogP contribution in [0.2, 0.25) is 0 Å². The Morgan fingerprint density at radius 2 is 0.605 bits per heavy atom. The van der Waals surface area contributed by atoms with E-state index in [0.717, 1.165) is 24.3 Å². The largest absolute Gasteiger partial charge is 0.454 e. The van der Waals surface area contributed by atoms with Gasteiger partial charge in [0.25, 0.3) is 0 Å². The van der Waals surface area contributed by atoms with E-state index < -0.39 is 40.7 Å². The molecule has 0 saturated carbocycles. The lowest BCUT2D eigenvalue weighted by atomic mass is 9.64. The zero-order valence-electron chi connectivity index (χ0n) is 22.1. The van der Waals surface area contributed by atoms with E-state index in [1.165, 1.54) is 0 Å². The number of nitrogens with two attached hydrogens (primary N) is 2. The lowest BCUT2D eigenvalue weighted by Crippen LogP contribution is -2.68. The molecule has 0 aliphatic rings. The summed E-state index contributed by atoms with van der Waals surface area (Å²) in [7, 11) is 0. The summed E-state index contributed by atoms with van der Waals surface area (Å²) >= 11 is 0. The van der Waals surface area contributed by atoms with E-state index in [4.69, 9.17) is 11.5 Å². The van der Waals surface area contributed by atoms with Crippen molar-refractivity contribution in [1.82, 2.24) is 0 Å². The maximum Gasteiger partial charge on any atom is 0.454 e. The van der Waals surface area contributed by atoms with Gasteiger partial charge in [-0.05, 0) is 70.5 Å². The summed E-state index contributed by atoms with van der Waals surface area (Å²) < 4.78 is 146. The van der Waals surface area contributed by atoms with Crippen LogP contribution in [-0.4, -0.2) is 24.2 Å². The molecule has 0 spiro atoms. The highest BCUT2D eigenvalue weighted by atomic mass is 19.4. The Morgan fingerprint density at radius 1 is 0.372 bits per heavy atom. The van der Waals surface area contributed by atoms with Gasteiger partial charge in [0.15, 0.2) is 5.41 Å². The van der Waals surface area contributed by atoms with E-state index in [1.807, 2.05) is 0 Å². The van der Waals surface area contributed by atoms with E-state index in [-0.39, 0.29) is 24.0 Å². The van der Waals surface area contributed by atoms with Crippen molar-refractivity contribution in [3.8, 4) is 0 Å². The summed E-state index contributed by atoms with van der Waals surface area (Å²) in [5.74, 6) is -13.2. The number of nitrogen functional groups attached to an aromatic ring is 2. The van der Waals surface area contributed by atoms with E-state index >= 15 is 17.6 Å². The molecule has 0 unspecified atom stereocenters. The third-order valence-corrected chi connectivity index (χ3v) is 7.20. The van der Waals surface area contributed by atoms with Gasteiger partial charge in [-0.15, -0.1) is 0 Å². The fraction of sp³-hybridized carbons (Fsp3) is 0.226. The van der Waals surface area contributed by atoms with Gasteiger partial charge in [0, 0.05) is 11.4 Å². The smallest absolute Gasteiger partial charge is 0.399 e. The number of anilines is 2. The molecule has 0 amide bonds. The Balaban J connectivity index is 1.91. The first-order valence-corrected chi connectivity index (χ1v) is 12.7. The fourth-order valence-electron chi connectivity index (χ4n) is 5.00. The van der Waals surface area contributed by atoms with Gasteiger partial charge in [0.05, 0.1) is 0 Å². The van der Waals surface area contributed by atoms with Crippen LogP contribution >= 0.6 is 0 Å². The summed E-state index contributed by atoms with van der Waals surface area (Å²) in [6.45, 7) is 0. The van der Waals surface area contributed by atoms with Gasteiger partial charge < -0.3 is 11.5 Å². The molecule has 2 nitrogen and oxygen atoms in total. The molecule has 0 aliphatic heterocycles. The highest BCUT2D eigenvalue weighted by Crippen LogP contribution is 2.63. The van der Waals surface area contributed by atoms with Crippen LogP contribution in [0.4, 0.5) is 55.3 Å². The second-order valence-electron chi connectivity index (χ2n) is 10.1. The third kappa shape index (κ3) is 5.74. The summed E-state index contributed by atoms with van der Waals surface area (Å²) in [4.78, 5) is 0. The van der Waals surface area contributed by atoms with Crippen molar-refractivity contribution in [2.45, 2.75) is 42.5 Å². The molecule has 228 valence electrons. The molecule has 0 bridgehead atoms. The first kappa shape index (κ1) is 31.7. The lowest BCUT2D eigenvalue weighted by Gasteiger charge is -2.46. The van der Waals surface area contributed by atoms with Gasteiger partial charge in [-0.25, -0.2) is 0 Å². The molecule has 12 heteroatoms. The Hall–Kier alpha value is -4.22. The van der Waals surface area contributed by atoms with E-state index in [9.17, 15) is 26.3 Å². The van der Waals surface area contributed by atoms with Gasteiger partial charge in [0.1, 0.15) is 0 Å². The van der Waals surface area contributed by atoms with Crippen molar-refractivity contribution in [1.29, 1.82) is 0 Å². The molecule has 43 heavy (non-hydrogen) atoms. The van der Waals surface area contributed by atoms with Gasteiger partial charge in [-0.1, -0.05) is 72.8 Å². The zero-order chi connectivity index (χ0) is 31.8. The number of benzene rings is 4. The maximum atomic E-state index is 15.5. The quantitative estimate of drug-likeness (QED) is 0.154. The predicted octanol–water partition coefficient (Wildman–Crippen LogP) is 8.71. The number of rotatable bonds is 8. The molecule has 4 N–H and O–H groups in total. The average molecular weight is 615 g/mol. The molecule has 0 radical (unpaired) electrons. The first-order chi connectivity index (χ1) is 19.9. The highest BCUT2D eigenvalue weighted by Gasteiger charge is 2.85. The fourth-order valence-corrected chi connectivity index (χ4v) is 5.00. The van der Waals surface area contributed by atoms with Crippen LogP contribution in [0, 0.1) is 0 Å². The average Bonchev–Trinajstić information content (AvgIpc) is 2.92.